The number of rotatable bonds is 7. The third-order valence-electron chi connectivity index (χ3n) is 6.97. The summed E-state index contributed by atoms with van der Waals surface area (Å²) >= 11 is 0. The number of carbonyl (C=O) groups excluding carboxylic acids is 3. The van der Waals surface area contributed by atoms with Gasteiger partial charge in [-0.2, -0.15) is 0 Å². The monoisotopic (exact) mass is 492 g/mol. The third-order valence-corrected chi connectivity index (χ3v) is 6.97. The Hall–Kier alpha value is -3.56. The molecule has 1 amide bonds. The highest BCUT2D eigenvalue weighted by molar-refractivity contribution is 6.11. The average Bonchev–Trinajstić information content (AvgIpc) is 3.12. The molecule has 0 saturated heterocycles. The Morgan fingerprint density at radius 1 is 1.28 bits per heavy atom. The Balaban J connectivity index is 1.51. The van der Waals surface area contributed by atoms with Gasteiger partial charge in [0.05, 0.1) is 28.9 Å². The fourth-order valence-electron chi connectivity index (χ4n) is 4.90. The summed E-state index contributed by atoms with van der Waals surface area (Å²) in [5.74, 6) is -1.55. The normalized spacial score (nSPS) is 21.1. The summed E-state index contributed by atoms with van der Waals surface area (Å²) < 4.78 is 16.8. The molecule has 0 saturated carbocycles. The molecule has 5 rings (SSSR count). The van der Waals surface area contributed by atoms with E-state index in [1.54, 1.807) is 31.7 Å². The smallest absolute Gasteiger partial charge is 0.355 e. The molecule has 1 N–H and O–H groups in total. The minimum absolute atomic E-state index is 0.00675. The molecular weight excluding hydrogens is 464 g/mol. The number of amides is 1. The van der Waals surface area contributed by atoms with Crippen molar-refractivity contribution in [2.75, 3.05) is 26.4 Å². The van der Waals surface area contributed by atoms with Crippen LogP contribution in [0.25, 0.3) is 16.6 Å². The van der Waals surface area contributed by atoms with E-state index in [-0.39, 0.29) is 38.7 Å². The summed E-state index contributed by atoms with van der Waals surface area (Å²) in [6, 6.07) is 9.39. The number of esters is 2. The minimum Gasteiger partial charge on any atom is -0.458 e. The second kappa shape index (κ2) is 8.83. The highest BCUT2D eigenvalue weighted by Gasteiger charge is 2.52. The Bertz CT molecular complexity index is 1340. The maximum absolute atomic E-state index is 13.2. The minimum atomic E-state index is -1.66. The van der Waals surface area contributed by atoms with Crippen molar-refractivity contribution in [3.8, 4) is 0 Å². The lowest BCUT2D eigenvalue weighted by atomic mass is 9.82. The Kier molecular flexibility index (Phi) is 5.92. The van der Waals surface area contributed by atoms with Crippen LogP contribution in [0.15, 0.2) is 47.6 Å². The molecule has 1 atom stereocenters. The van der Waals surface area contributed by atoms with Crippen molar-refractivity contribution in [2.24, 2.45) is 0 Å². The molecule has 1 aromatic heterocycles. The zero-order valence-corrected chi connectivity index (χ0v) is 20.5. The van der Waals surface area contributed by atoms with Crippen molar-refractivity contribution in [2.45, 2.75) is 44.8 Å². The maximum Gasteiger partial charge on any atom is 0.355 e. The summed E-state index contributed by atoms with van der Waals surface area (Å²) in [5, 5.41) is 10.1. The zero-order chi connectivity index (χ0) is 25.7. The molecule has 0 bridgehead atoms. The first-order valence-electron chi connectivity index (χ1n) is 12.0. The van der Waals surface area contributed by atoms with Crippen LogP contribution in [-0.4, -0.2) is 70.4 Å². The van der Waals surface area contributed by atoms with Gasteiger partial charge in [0.1, 0.15) is 18.9 Å². The van der Waals surface area contributed by atoms with Gasteiger partial charge in [-0.15, -0.1) is 0 Å². The van der Waals surface area contributed by atoms with Crippen LogP contribution in [-0.2, 0) is 23.8 Å². The first kappa shape index (κ1) is 24.1. The highest BCUT2D eigenvalue weighted by Crippen LogP contribution is 2.44. The molecule has 9 nitrogen and oxygen atoms in total. The van der Waals surface area contributed by atoms with E-state index < -0.39 is 23.1 Å². The molecule has 0 aliphatic carbocycles. The van der Waals surface area contributed by atoms with E-state index in [4.69, 9.17) is 19.2 Å². The number of aliphatic hydroxyl groups is 1. The van der Waals surface area contributed by atoms with Crippen LogP contribution in [0, 0.1) is 0 Å². The van der Waals surface area contributed by atoms with Gasteiger partial charge in [-0.05, 0) is 50.5 Å². The molecule has 0 radical (unpaired) electrons. The van der Waals surface area contributed by atoms with Gasteiger partial charge in [0.2, 0.25) is 5.60 Å². The first-order valence-corrected chi connectivity index (χ1v) is 12.0. The predicted octanol–water partition coefficient (Wildman–Crippen LogP) is 2.77. The lowest BCUT2D eigenvalue weighted by Gasteiger charge is -2.40. The largest absolute Gasteiger partial charge is 0.458 e. The Labute approximate surface area is 208 Å². The number of nitrogens with zero attached hydrogens (tertiary/aromatic N) is 2. The van der Waals surface area contributed by atoms with Crippen LogP contribution < -0.4 is 0 Å². The Morgan fingerprint density at radius 3 is 2.81 bits per heavy atom. The molecule has 2 aromatic rings. The van der Waals surface area contributed by atoms with Gasteiger partial charge in [-0.1, -0.05) is 25.1 Å². The van der Waals surface area contributed by atoms with Crippen LogP contribution in [0.3, 0.4) is 0 Å². The zero-order valence-electron chi connectivity index (χ0n) is 20.5. The molecule has 188 valence electrons. The summed E-state index contributed by atoms with van der Waals surface area (Å²) in [6.45, 7) is 5.00. The topological polar surface area (TPSA) is 115 Å². The molecule has 9 heteroatoms. The molecule has 0 unspecified atom stereocenters. The number of pyridine rings is 1. The SMILES string of the molecule is CC[C@@]1(OC(=O)COC(C)(C)CCO)C(=O)OCC2=C1C=C1c3nc4ccccc4cc3C(=O)N1C2. The number of fused-ring (bicyclic) bond motifs is 4. The molecule has 3 aliphatic rings. The first-order chi connectivity index (χ1) is 17.2. The molecule has 0 spiro atoms. The van der Waals surface area contributed by atoms with Crippen molar-refractivity contribution < 1.29 is 33.7 Å². The van der Waals surface area contributed by atoms with Gasteiger partial charge in [0.15, 0.2) is 0 Å². The third kappa shape index (κ3) is 3.88. The van der Waals surface area contributed by atoms with Crippen LogP contribution in [0.5, 0.6) is 0 Å². The second-order valence-corrected chi connectivity index (χ2v) is 9.77. The Morgan fingerprint density at radius 2 is 2.06 bits per heavy atom. The summed E-state index contributed by atoms with van der Waals surface area (Å²) in [6.07, 6.45) is 2.22. The van der Waals surface area contributed by atoms with Crippen molar-refractivity contribution in [1.29, 1.82) is 0 Å². The number of benzene rings is 1. The number of hydrogen-bond donors (Lipinski definition) is 1. The fourth-order valence-corrected chi connectivity index (χ4v) is 4.90. The molecule has 0 fully saturated rings. The summed E-state index contributed by atoms with van der Waals surface area (Å²) in [5.41, 5.74) is 1.18. The lowest BCUT2D eigenvalue weighted by Crippen LogP contribution is -2.51. The average molecular weight is 493 g/mol. The van der Waals surface area contributed by atoms with E-state index in [0.29, 0.717) is 34.5 Å². The van der Waals surface area contributed by atoms with Gasteiger partial charge < -0.3 is 24.2 Å². The van der Waals surface area contributed by atoms with E-state index in [1.807, 2.05) is 30.3 Å². The maximum atomic E-state index is 13.2. The molecule has 36 heavy (non-hydrogen) atoms. The van der Waals surface area contributed by atoms with E-state index >= 15 is 0 Å². The number of ether oxygens (including phenoxy) is 3. The van der Waals surface area contributed by atoms with Gasteiger partial charge in [0.25, 0.3) is 5.91 Å². The van der Waals surface area contributed by atoms with Crippen LogP contribution in [0.4, 0.5) is 0 Å². The van der Waals surface area contributed by atoms with Crippen LogP contribution in [0.1, 0.15) is 49.7 Å². The number of aliphatic hydroxyl groups excluding tert-OH is 1. The van der Waals surface area contributed by atoms with E-state index in [1.165, 1.54) is 0 Å². The van der Waals surface area contributed by atoms with Crippen molar-refractivity contribution in [3.63, 3.8) is 0 Å². The molecule has 1 aromatic carbocycles. The number of aromatic nitrogens is 1. The summed E-state index contributed by atoms with van der Waals surface area (Å²) in [4.78, 5) is 45.5. The van der Waals surface area contributed by atoms with Crippen molar-refractivity contribution >= 4 is 34.4 Å². The predicted molar refractivity (Wildman–Crippen MR) is 130 cm³/mol. The van der Waals surface area contributed by atoms with Crippen LogP contribution >= 0.6 is 0 Å². The quantitative estimate of drug-likeness (QED) is 0.587. The second-order valence-electron chi connectivity index (χ2n) is 9.77. The van der Waals surface area contributed by atoms with Crippen molar-refractivity contribution in [1.82, 2.24) is 9.88 Å². The van der Waals surface area contributed by atoms with Gasteiger partial charge >= 0.3 is 11.9 Å². The van der Waals surface area contributed by atoms with Gasteiger partial charge in [-0.25, -0.2) is 14.6 Å². The number of para-hydroxylation sites is 1. The van der Waals surface area contributed by atoms with Crippen LogP contribution in [0.2, 0.25) is 0 Å². The van der Waals surface area contributed by atoms with E-state index in [2.05, 4.69) is 0 Å². The molecular formula is C27H28N2O7. The van der Waals surface area contributed by atoms with E-state index in [9.17, 15) is 19.5 Å². The number of hydrogen-bond acceptors (Lipinski definition) is 8. The highest BCUT2D eigenvalue weighted by atomic mass is 16.6. The number of carbonyl (C=O) groups is 3. The standard InChI is InChI=1S/C27H28N2O7/c1-4-27(36-22(31)15-35-26(2,3)9-10-30)19-12-21-23-18(11-16-7-5-6-8-20(16)28-23)24(32)29(21)13-17(19)14-34-25(27)33/h5-8,11-12,30H,4,9-10,13-15H2,1-3H3/t27-/m0/s1. The van der Waals surface area contributed by atoms with E-state index in [0.717, 1.165) is 10.9 Å². The van der Waals surface area contributed by atoms with Gasteiger partial charge in [-0.3, -0.25) is 4.79 Å². The fraction of sp³-hybridized carbons (Fsp3) is 0.407. The lowest BCUT2D eigenvalue weighted by molar-refractivity contribution is -0.185. The van der Waals surface area contributed by atoms with Gasteiger partial charge in [0, 0.05) is 17.6 Å². The molecule has 3 aliphatic heterocycles. The summed E-state index contributed by atoms with van der Waals surface area (Å²) in [7, 11) is 0. The van der Waals surface area contributed by atoms with Crippen molar-refractivity contribution in [3.05, 3.63) is 58.8 Å². The number of cyclic esters (lactones) is 1. The molecule has 4 heterocycles.